The van der Waals surface area contributed by atoms with E-state index in [0.29, 0.717) is 0 Å². The average Bonchev–Trinajstić information content (AvgIpc) is 3.45. The van der Waals surface area contributed by atoms with Crippen molar-refractivity contribution in [3.63, 3.8) is 0 Å². The van der Waals surface area contributed by atoms with Gasteiger partial charge in [-0.25, -0.2) is 19.2 Å². The Morgan fingerprint density at radius 1 is 0.852 bits per heavy atom. The lowest BCUT2D eigenvalue weighted by molar-refractivity contribution is 0.703. The van der Waals surface area contributed by atoms with Crippen LogP contribution in [-0.2, 0) is 13.0 Å². The van der Waals surface area contributed by atoms with Gasteiger partial charge in [0.2, 0.25) is 0 Å². The van der Waals surface area contributed by atoms with Crippen LogP contribution in [0.3, 0.4) is 0 Å². The van der Waals surface area contributed by atoms with Gasteiger partial charge in [0.15, 0.2) is 5.65 Å². The van der Waals surface area contributed by atoms with Crippen LogP contribution >= 0.6 is 0 Å². The number of fused-ring (bicyclic) bond motifs is 1. The molecule has 0 aliphatic rings. The Kier molecular flexibility index (Phi) is 3.75. The van der Waals surface area contributed by atoms with Crippen LogP contribution in [-0.4, -0.2) is 33.9 Å². The van der Waals surface area contributed by atoms with Gasteiger partial charge in [0.25, 0.3) is 0 Å². The minimum atomic E-state index is 0.806. The highest BCUT2D eigenvalue weighted by atomic mass is 15.3. The number of benzene rings is 1. The number of hydrogen-bond donors (Lipinski definition) is 0. The van der Waals surface area contributed by atoms with E-state index in [1.54, 1.807) is 10.7 Å². The molecule has 0 bridgehead atoms. The fourth-order valence-electron chi connectivity index (χ4n) is 3.18. The van der Waals surface area contributed by atoms with E-state index in [9.17, 15) is 0 Å². The molecule has 0 spiro atoms. The SMILES string of the molecule is c1ccc(-n2cc(CCn3ccnc3-c3cnn4cccnc34)cn2)cc1. The Morgan fingerprint density at radius 3 is 2.70 bits per heavy atom. The van der Waals surface area contributed by atoms with Crippen LogP contribution in [0.15, 0.2) is 79.8 Å². The van der Waals surface area contributed by atoms with Crippen LogP contribution in [0.2, 0.25) is 0 Å². The van der Waals surface area contributed by atoms with Crippen molar-refractivity contribution < 1.29 is 0 Å². The van der Waals surface area contributed by atoms with E-state index in [1.165, 1.54) is 5.56 Å². The molecule has 0 N–H and O–H groups in total. The van der Waals surface area contributed by atoms with Crippen LogP contribution in [0, 0.1) is 0 Å². The minimum absolute atomic E-state index is 0.806. The van der Waals surface area contributed by atoms with Gasteiger partial charge in [-0.05, 0) is 30.2 Å². The first-order valence-electron chi connectivity index (χ1n) is 8.77. The highest BCUT2D eigenvalue weighted by Crippen LogP contribution is 2.21. The summed E-state index contributed by atoms with van der Waals surface area (Å²) in [4.78, 5) is 8.95. The largest absolute Gasteiger partial charge is 0.330 e. The molecule has 27 heavy (non-hydrogen) atoms. The highest BCUT2D eigenvalue weighted by molar-refractivity contribution is 5.72. The summed E-state index contributed by atoms with van der Waals surface area (Å²) in [5.74, 6) is 0.874. The maximum Gasteiger partial charge on any atom is 0.165 e. The quantitative estimate of drug-likeness (QED) is 0.486. The molecular formula is C20H17N7. The number of aromatic nitrogens is 7. The molecular weight excluding hydrogens is 338 g/mol. The lowest BCUT2D eigenvalue weighted by Crippen LogP contribution is -2.02. The van der Waals surface area contributed by atoms with Crippen molar-refractivity contribution in [2.75, 3.05) is 0 Å². The van der Waals surface area contributed by atoms with Crippen LogP contribution in [0.1, 0.15) is 5.56 Å². The topological polar surface area (TPSA) is 65.8 Å². The van der Waals surface area contributed by atoms with Gasteiger partial charge in [0.05, 0.1) is 23.6 Å². The first kappa shape index (κ1) is 15.5. The summed E-state index contributed by atoms with van der Waals surface area (Å²) in [6.07, 6.45) is 14.1. The van der Waals surface area contributed by atoms with Crippen molar-refractivity contribution in [2.24, 2.45) is 0 Å². The third-order valence-electron chi connectivity index (χ3n) is 4.53. The van der Waals surface area contributed by atoms with E-state index < -0.39 is 0 Å². The molecule has 132 valence electrons. The molecule has 4 aromatic heterocycles. The van der Waals surface area contributed by atoms with Crippen molar-refractivity contribution >= 4 is 5.65 Å². The third kappa shape index (κ3) is 2.89. The summed E-state index contributed by atoms with van der Waals surface area (Å²) >= 11 is 0. The number of imidazole rings is 1. The zero-order valence-electron chi connectivity index (χ0n) is 14.6. The summed E-state index contributed by atoms with van der Waals surface area (Å²) in [6, 6.07) is 12.0. The highest BCUT2D eigenvalue weighted by Gasteiger charge is 2.13. The van der Waals surface area contributed by atoms with Crippen molar-refractivity contribution in [2.45, 2.75) is 13.0 Å². The van der Waals surface area contributed by atoms with Crippen LogP contribution < -0.4 is 0 Å². The molecule has 7 nitrogen and oxygen atoms in total. The second-order valence-electron chi connectivity index (χ2n) is 6.27. The number of aryl methyl sites for hydroxylation is 2. The molecule has 0 saturated heterocycles. The Labute approximate surface area is 155 Å². The van der Waals surface area contributed by atoms with E-state index in [1.807, 2.05) is 72.1 Å². The van der Waals surface area contributed by atoms with Gasteiger partial charge >= 0.3 is 0 Å². The molecule has 0 aliphatic heterocycles. The molecule has 0 saturated carbocycles. The molecule has 1 aromatic carbocycles. The number of rotatable bonds is 5. The van der Waals surface area contributed by atoms with E-state index >= 15 is 0 Å². The normalized spacial score (nSPS) is 11.3. The van der Waals surface area contributed by atoms with E-state index in [2.05, 4.69) is 30.9 Å². The number of para-hydroxylation sites is 1. The van der Waals surface area contributed by atoms with Gasteiger partial charge < -0.3 is 4.57 Å². The summed E-state index contributed by atoms with van der Waals surface area (Å²) in [7, 11) is 0. The molecule has 4 heterocycles. The van der Waals surface area contributed by atoms with Gasteiger partial charge in [-0.3, -0.25) is 0 Å². The first-order chi connectivity index (χ1) is 13.4. The van der Waals surface area contributed by atoms with Crippen LogP contribution in [0.5, 0.6) is 0 Å². The Balaban J connectivity index is 1.38. The predicted octanol–water partition coefficient (Wildman–Crippen LogP) is 3.02. The van der Waals surface area contributed by atoms with Gasteiger partial charge in [0, 0.05) is 37.5 Å². The molecule has 0 fully saturated rings. The third-order valence-corrected chi connectivity index (χ3v) is 4.53. The molecule has 5 rings (SSSR count). The number of hydrogen-bond acceptors (Lipinski definition) is 4. The molecule has 0 radical (unpaired) electrons. The summed E-state index contributed by atoms with van der Waals surface area (Å²) < 4.78 is 5.79. The van der Waals surface area contributed by atoms with Crippen molar-refractivity contribution in [3.05, 3.63) is 85.3 Å². The fraction of sp³-hybridized carbons (Fsp3) is 0.100. The predicted molar refractivity (Wildman–Crippen MR) is 101 cm³/mol. The van der Waals surface area contributed by atoms with Crippen LogP contribution in [0.4, 0.5) is 0 Å². The van der Waals surface area contributed by atoms with Gasteiger partial charge in [-0.1, -0.05) is 18.2 Å². The van der Waals surface area contributed by atoms with Gasteiger partial charge in [-0.15, -0.1) is 0 Å². The molecule has 0 amide bonds. The average molecular weight is 355 g/mol. The molecule has 0 atom stereocenters. The van der Waals surface area contributed by atoms with Gasteiger partial charge in [0.1, 0.15) is 5.82 Å². The summed E-state index contributed by atoms with van der Waals surface area (Å²) in [6.45, 7) is 0.806. The molecule has 0 aliphatic carbocycles. The van der Waals surface area contributed by atoms with E-state index in [0.717, 1.165) is 35.7 Å². The van der Waals surface area contributed by atoms with E-state index in [-0.39, 0.29) is 0 Å². The van der Waals surface area contributed by atoms with Crippen molar-refractivity contribution in [1.29, 1.82) is 0 Å². The Morgan fingerprint density at radius 2 is 1.78 bits per heavy atom. The summed E-state index contributed by atoms with van der Waals surface area (Å²) in [5, 5.41) is 8.83. The zero-order valence-corrected chi connectivity index (χ0v) is 14.6. The van der Waals surface area contributed by atoms with Gasteiger partial charge in [-0.2, -0.15) is 10.2 Å². The summed E-state index contributed by atoms with van der Waals surface area (Å²) in [5.41, 5.74) is 3.98. The van der Waals surface area contributed by atoms with Crippen molar-refractivity contribution in [1.82, 2.24) is 33.9 Å². The maximum absolute atomic E-state index is 4.52. The molecule has 0 unspecified atom stereocenters. The monoisotopic (exact) mass is 355 g/mol. The molecule has 7 heteroatoms. The van der Waals surface area contributed by atoms with Crippen LogP contribution in [0.25, 0.3) is 22.7 Å². The number of nitrogens with zero attached hydrogens (tertiary/aromatic N) is 7. The zero-order chi connectivity index (χ0) is 18.1. The standard InChI is InChI=1S/C20H17N7/c1-2-5-17(6-3-1)27-15-16(13-23-27)7-11-25-12-9-22-19(25)18-14-24-26-10-4-8-21-20(18)26/h1-6,8-10,12-15H,7,11H2. The Bertz CT molecular complexity index is 1180. The minimum Gasteiger partial charge on any atom is -0.330 e. The smallest absolute Gasteiger partial charge is 0.165 e. The fourth-order valence-corrected chi connectivity index (χ4v) is 3.18. The second kappa shape index (κ2) is 6.53. The lowest BCUT2D eigenvalue weighted by atomic mass is 10.2. The second-order valence-corrected chi connectivity index (χ2v) is 6.27. The van der Waals surface area contributed by atoms with E-state index in [4.69, 9.17) is 0 Å². The Hall–Kier alpha value is -3.74. The molecule has 5 aromatic rings. The lowest BCUT2D eigenvalue weighted by Gasteiger charge is -2.06. The maximum atomic E-state index is 4.52. The van der Waals surface area contributed by atoms with Crippen molar-refractivity contribution in [3.8, 4) is 17.1 Å². The first-order valence-corrected chi connectivity index (χ1v) is 8.77.